The minimum Gasteiger partial charge on any atom is -0.481 e. The fourth-order valence-corrected chi connectivity index (χ4v) is 3.09. The van der Waals surface area contributed by atoms with Crippen LogP contribution in [0, 0.1) is 0 Å². The Morgan fingerprint density at radius 2 is 1.85 bits per heavy atom. The predicted molar refractivity (Wildman–Crippen MR) is 80.6 cm³/mol. The first-order valence-electron chi connectivity index (χ1n) is 7.75. The quantitative estimate of drug-likeness (QED) is 0.825. The van der Waals surface area contributed by atoms with E-state index in [1.807, 2.05) is 6.07 Å². The Hall–Kier alpha value is -1.35. The lowest BCUT2D eigenvalue weighted by molar-refractivity contribution is -0.137. The van der Waals surface area contributed by atoms with E-state index in [9.17, 15) is 4.79 Å². The van der Waals surface area contributed by atoms with E-state index in [0.717, 1.165) is 19.5 Å². The molecule has 1 aromatic carbocycles. The fourth-order valence-electron chi connectivity index (χ4n) is 3.09. The average Bonchev–Trinajstić information content (AvgIpc) is 2.48. The Labute approximate surface area is 121 Å². The molecule has 0 unspecified atom stereocenters. The Kier molecular flexibility index (Phi) is 6.06. The summed E-state index contributed by atoms with van der Waals surface area (Å²) in [7, 11) is 0. The number of carboxylic acids is 1. The number of carbonyl (C=O) groups is 1. The molecule has 0 aliphatic heterocycles. The Balaban J connectivity index is 1.93. The van der Waals surface area contributed by atoms with Crippen molar-refractivity contribution in [2.24, 2.45) is 0 Å². The summed E-state index contributed by atoms with van der Waals surface area (Å²) in [6, 6.07) is 11.1. The Morgan fingerprint density at radius 3 is 2.50 bits per heavy atom. The number of aliphatic carboxylic acids is 1. The summed E-state index contributed by atoms with van der Waals surface area (Å²) in [6.45, 7) is 1.84. The molecule has 20 heavy (non-hydrogen) atoms. The van der Waals surface area contributed by atoms with Crippen LogP contribution in [-0.2, 0) is 11.3 Å². The SMILES string of the molecule is O=C(O)CCCN(Cc1ccccc1)C1CCCCC1. The zero-order valence-corrected chi connectivity index (χ0v) is 12.1. The van der Waals surface area contributed by atoms with Gasteiger partial charge in [-0.2, -0.15) is 0 Å². The molecule has 0 atom stereocenters. The lowest BCUT2D eigenvalue weighted by Gasteiger charge is -2.34. The molecule has 2 rings (SSSR count). The highest BCUT2D eigenvalue weighted by Crippen LogP contribution is 2.24. The summed E-state index contributed by atoms with van der Waals surface area (Å²) in [5.41, 5.74) is 1.33. The van der Waals surface area contributed by atoms with E-state index in [2.05, 4.69) is 29.2 Å². The summed E-state index contributed by atoms with van der Waals surface area (Å²) in [4.78, 5) is 13.2. The van der Waals surface area contributed by atoms with E-state index < -0.39 is 5.97 Å². The molecule has 1 aliphatic rings. The lowest BCUT2D eigenvalue weighted by atomic mass is 9.93. The van der Waals surface area contributed by atoms with Crippen LogP contribution in [0.2, 0.25) is 0 Å². The van der Waals surface area contributed by atoms with Crippen LogP contribution in [0.5, 0.6) is 0 Å². The van der Waals surface area contributed by atoms with Crippen LogP contribution < -0.4 is 0 Å². The molecule has 1 N–H and O–H groups in total. The van der Waals surface area contributed by atoms with Crippen LogP contribution in [0.1, 0.15) is 50.5 Å². The molecule has 3 heteroatoms. The van der Waals surface area contributed by atoms with Crippen LogP contribution in [0.25, 0.3) is 0 Å². The molecule has 0 saturated heterocycles. The topological polar surface area (TPSA) is 40.5 Å². The van der Waals surface area contributed by atoms with Crippen LogP contribution in [0.3, 0.4) is 0 Å². The first kappa shape index (κ1) is 15.0. The molecule has 3 nitrogen and oxygen atoms in total. The molecule has 110 valence electrons. The van der Waals surface area contributed by atoms with Gasteiger partial charge >= 0.3 is 5.97 Å². The van der Waals surface area contributed by atoms with Gasteiger partial charge in [-0.3, -0.25) is 9.69 Å². The molecular weight excluding hydrogens is 250 g/mol. The zero-order valence-electron chi connectivity index (χ0n) is 12.1. The summed E-state index contributed by atoms with van der Waals surface area (Å²) in [5.74, 6) is -0.687. The zero-order chi connectivity index (χ0) is 14.2. The van der Waals surface area contributed by atoms with Crippen molar-refractivity contribution in [2.45, 2.75) is 57.5 Å². The van der Waals surface area contributed by atoms with E-state index in [1.165, 1.54) is 37.7 Å². The molecule has 0 bridgehead atoms. The van der Waals surface area contributed by atoms with E-state index >= 15 is 0 Å². The minimum absolute atomic E-state index is 0.276. The smallest absolute Gasteiger partial charge is 0.303 e. The Bertz CT molecular complexity index is 399. The number of hydrogen-bond donors (Lipinski definition) is 1. The normalized spacial score (nSPS) is 16.4. The molecule has 1 fully saturated rings. The first-order valence-corrected chi connectivity index (χ1v) is 7.75. The van der Waals surface area contributed by atoms with E-state index in [1.54, 1.807) is 0 Å². The molecule has 0 amide bonds. The first-order chi connectivity index (χ1) is 9.75. The maximum atomic E-state index is 10.7. The van der Waals surface area contributed by atoms with Gasteiger partial charge in [0.1, 0.15) is 0 Å². The van der Waals surface area contributed by atoms with Crippen molar-refractivity contribution in [1.29, 1.82) is 0 Å². The van der Waals surface area contributed by atoms with Crippen LogP contribution in [0.15, 0.2) is 30.3 Å². The highest BCUT2D eigenvalue weighted by atomic mass is 16.4. The third kappa shape index (κ3) is 4.97. The third-order valence-electron chi connectivity index (χ3n) is 4.16. The van der Waals surface area contributed by atoms with Gasteiger partial charge in [0.05, 0.1) is 0 Å². The van der Waals surface area contributed by atoms with E-state index in [0.29, 0.717) is 6.04 Å². The van der Waals surface area contributed by atoms with Crippen LogP contribution in [0.4, 0.5) is 0 Å². The van der Waals surface area contributed by atoms with Crippen molar-refractivity contribution in [3.63, 3.8) is 0 Å². The standard InChI is InChI=1S/C17H25NO2/c19-17(20)12-7-13-18(16-10-5-2-6-11-16)14-15-8-3-1-4-9-15/h1,3-4,8-9,16H,2,5-7,10-14H2,(H,19,20). The van der Waals surface area contributed by atoms with Crippen molar-refractivity contribution in [3.05, 3.63) is 35.9 Å². The Morgan fingerprint density at radius 1 is 1.15 bits per heavy atom. The average molecular weight is 275 g/mol. The fraction of sp³-hybridized carbons (Fsp3) is 0.588. The van der Waals surface area contributed by atoms with Gasteiger partial charge in [0, 0.05) is 19.0 Å². The van der Waals surface area contributed by atoms with Gasteiger partial charge in [-0.25, -0.2) is 0 Å². The minimum atomic E-state index is -0.687. The summed E-state index contributed by atoms with van der Waals surface area (Å²) < 4.78 is 0. The summed E-state index contributed by atoms with van der Waals surface area (Å²) in [6.07, 6.45) is 7.53. The van der Waals surface area contributed by atoms with Crippen molar-refractivity contribution in [3.8, 4) is 0 Å². The third-order valence-corrected chi connectivity index (χ3v) is 4.16. The largest absolute Gasteiger partial charge is 0.481 e. The number of benzene rings is 1. The van der Waals surface area contributed by atoms with Gasteiger partial charge in [-0.15, -0.1) is 0 Å². The molecule has 0 spiro atoms. The number of rotatable bonds is 7. The second kappa shape index (κ2) is 8.05. The molecule has 1 aromatic rings. The van der Waals surface area contributed by atoms with E-state index in [4.69, 9.17) is 5.11 Å². The molecule has 1 aliphatic carbocycles. The van der Waals surface area contributed by atoms with Gasteiger partial charge < -0.3 is 5.11 Å². The van der Waals surface area contributed by atoms with Crippen molar-refractivity contribution in [2.75, 3.05) is 6.54 Å². The van der Waals surface area contributed by atoms with Gasteiger partial charge in [0.15, 0.2) is 0 Å². The van der Waals surface area contributed by atoms with Gasteiger partial charge in [0.2, 0.25) is 0 Å². The lowest BCUT2D eigenvalue weighted by Crippen LogP contribution is -2.37. The second-order valence-corrected chi connectivity index (χ2v) is 5.75. The predicted octanol–water partition coefficient (Wildman–Crippen LogP) is 3.69. The molecule has 0 heterocycles. The number of hydrogen-bond acceptors (Lipinski definition) is 2. The molecule has 1 saturated carbocycles. The summed E-state index contributed by atoms with van der Waals surface area (Å²) >= 11 is 0. The maximum absolute atomic E-state index is 10.7. The maximum Gasteiger partial charge on any atom is 0.303 e. The van der Waals surface area contributed by atoms with Crippen LogP contribution >= 0.6 is 0 Å². The van der Waals surface area contributed by atoms with Crippen molar-refractivity contribution < 1.29 is 9.90 Å². The second-order valence-electron chi connectivity index (χ2n) is 5.75. The number of carboxylic acid groups (broad SMARTS) is 1. The molecule has 0 radical (unpaired) electrons. The van der Waals surface area contributed by atoms with E-state index in [-0.39, 0.29) is 6.42 Å². The molecule has 0 aromatic heterocycles. The summed E-state index contributed by atoms with van der Waals surface area (Å²) in [5, 5.41) is 8.81. The number of nitrogens with zero attached hydrogens (tertiary/aromatic N) is 1. The molecular formula is C17H25NO2. The highest BCUT2D eigenvalue weighted by Gasteiger charge is 2.21. The monoisotopic (exact) mass is 275 g/mol. The van der Waals surface area contributed by atoms with Gasteiger partial charge in [-0.1, -0.05) is 49.6 Å². The van der Waals surface area contributed by atoms with Gasteiger partial charge in [-0.05, 0) is 31.4 Å². The highest BCUT2D eigenvalue weighted by molar-refractivity contribution is 5.66. The van der Waals surface area contributed by atoms with Gasteiger partial charge in [0.25, 0.3) is 0 Å². The van der Waals surface area contributed by atoms with Crippen molar-refractivity contribution in [1.82, 2.24) is 4.90 Å². The van der Waals surface area contributed by atoms with Crippen LogP contribution in [-0.4, -0.2) is 28.6 Å². The van der Waals surface area contributed by atoms with Crippen molar-refractivity contribution >= 4 is 5.97 Å².